The van der Waals surface area contributed by atoms with E-state index in [1.165, 1.54) is 25.4 Å². The van der Waals surface area contributed by atoms with Crippen molar-refractivity contribution < 1.29 is 18.7 Å². The SMILES string of the molecule is [CH2]c1ccc(C(=O)Nc2cccc(-c3ccnc(-c4cc(F)c(C=O)c(OC)c4)c3Cl)c2C)nc1. The van der Waals surface area contributed by atoms with Crippen LogP contribution >= 0.6 is 11.6 Å². The van der Waals surface area contributed by atoms with Gasteiger partial charge in [-0.05, 0) is 60.9 Å². The maximum absolute atomic E-state index is 14.5. The van der Waals surface area contributed by atoms with Gasteiger partial charge in [0.05, 0.1) is 23.4 Å². The van der Waals surface area contributed by atoms with Crippen molar-refractivity contribution in [2.45, 2.75) is 6.92 Å². The van der Waals surface area contributed by atoms with Crippen LogP contribution in [0.4, 0.5) is 10.1 Å². The molecule has 2 aromatic heterocycles. The molecular formula is C27H20ClFN3O3. The van der Waals surface area contributed by atoms with Gasteiger partial charge < -0.3 is 10.1 Å². The third kappa shape index (κ3) is 4.76. The summed E-state index contributed by atoms with van der Waals surface area (Å²) in [5.74, 6) is -1.01. The molecule has 0 bridgehead atoms. The topological polar surface area (TPSA) is 81.2 Å². The number of nitrogens with zero attached hydrogens (tertiary/aromatic N) is 2. The zero-order valence-electron chi connectivity index (χ0n) is 18.9. The number of carbonyl (C=O) groups is 2. The van der Waals surface area contributed by atoms with Crippen LogP contribution in [0.25, 0.3) is 22.4 Å². The second-order valence-electron chi connectivity index (χ2n) is 7.70. The predicted molar refractivity (Wildman–Crippen MR) is 133 cm³/mol. The zero-order chi connectivity index (χ0) is 25.1. The third-order valence-corrected chi connectivity index (χ3v) is 5.90. The Labute approximate surface area is 206 Å². The first-order chi connectivity index (χ1) is 16.8. The van der Waals surface area contributed by atoms with E-state index in [-0.39, 0.29) is 27.9 Å². The predicted octanol–water partition coefficient (Wildman–Crippen LogP) is 6.17. The van der Waals surface area contributed by atoms with Gasteiger partial charge in [-0.1, -0.05) is 29.8 Å². The molecule has 2 heterocycles. The van der Waals surface area contributed by atoms with Crippen LogP contribution in [0.3, 0.4) is 0 Å². The van der Waals surface area contributed by atoms with Gasteiger partial charge >= 0.3 is 0 Å². The molecule has 0 unspecified atom stereocenters. The fraction of sp³-hybridized carbons (Fsp3) is 0.0741. The van der Waals surface area contributed by atoms with Crippen molar-refractivity contribution >= 4 is 29.5 Å². The summed E-state index contributed by atoms with van der Waals surface area (Å²) in [6, 6.07) is 13.2. The fourth-order valence-electron chi connectivity index (χ4n) is 3.67. The second-order valence-corrected chi connectivity index (χ2v) is 8.07. The van der Waals surface area contributed by atoms with Gasteiger partial charge in [0, 0.05) is 29.2 Å². The molecule has 0 aliphatic carbocycles. The minimum atomic E-state index is -0.737. The van der Waals surface area contributed by atoms with E-state index in [9.17, 15) is 14.0 Å². The molecule has 0 fully saturated rings. The molecule has 1 radical (unpaired) electrons. The number of aromatic nitrogens is 2. The maximum atomic E-state index is 14.5. The Morgan fingerprint density at radius 2 is 1.94 bits per heavy atom. The molecule has 6 nitrogen and oxygen atoms in total. The molecular weight excluding hydrogens is 469 g/mol. The summed E-state index contributed by atoms with van der Waals surface area (Å²) >= 11 is 6.74. The van der Waals surface area contributed by atoms with E-state index in [4.69, 9.17) is 16.3 Å². The number of pyridine rings is 2. The van der Waals surface area contributed by atoms with Crippen molar-refractivity contribution in [3.8, 4) is 28.1 Å². The molecule has 1 N–H and O–H groups in total. The standard InChI is InChI=1S/C27H20ClFN3O3/c1-15-7-8-23(31-13-15)27(34)32-22-6-4-5-18(16(22)2)19-9-10-30-26(25(19)28)17-11-21(29)20(14-33)24(12-17)35-3/h4-14H,1H2,2-3H3,(H,32,34). The summed E-state index contributed by atoms with van der Waals surface area (Å²) in [7, 11) is 1.35. The van der Waals surface area contributed by atoms with Crippen molar-refractivity contribution in [2.24, 2.45) is 0 Å². The van der Waals surface area contributed by atoms with Crippen molar-refractivity contribution in [1.82, 2.24) is 9.97 Å². The van der Waals surface area contributed by atoms with Gasteiger partial charge in [-0.25, -0.2) is 4.39 Å². The van der Waals surface area contributed by atoms with Crippen LogP contribution in [0, 0.1) is 19.7 Å². The van der Waals surface area contributed by atoms with Gasteiger partial charge in [-0.3, -0.25) is 19.6 Å². The first-order valence-electron chi connectivity index (χ1n) is 10.5. The largest absolute Gasteiger partial charge is 0.496 e. The number of nitrogens with one attached hydrogen (secondary N) is 1. The number of aldehydes is 1. The number of carbonyl (C=O) groups excluding carboxylic acids is 2. The molecule has 1 amide bonds. The highest BCUT2D eigenvalue weighted by Crippen LogP contribution is 2.39. The van der Waals surface area contributed by atoms with Crippen molar-refractivity contribution in [1.29, 1.82) is 0 Å². The molecule has 0 aliphatic rings. The minimum absolute atomic E-state index is 0.0830. The first kappa shape index (κ1) is 24.0. The highest BCUT2D eigenvalue weighted by atomic mass is 35.5. The van der Waals surface area contributed by atoms with Gasteiger partial charge in [0.25, 0.3) is 5.91 Å². The van der Waals surface area contributed by atoms with E-state index in [1.54, 1.807) is 36.5 Å². The van der Waals surface area contributed by atoms with Crippen LogP contribution in [0.5, 0.6) is 5.75 Å². The van der Waals surface area contributed by atoms with E-state index in [0.29, 0.717) is 34.4 Å². The molecule has 2 aromatic carbocycles. The van der Waals surface area contributed by atoms with E-state index in [1.807, 2.05) is 13.0 Å². The highest BCUT2D eigenvalue weighted by molar-refractivity contribution is 6.35. The first-order valence-corrected chi connectivity index (χ1v) is 10.9. The van der Waals surface area contributed by atoms with E-state index >= 15 is 0 Å². The Morgan fingerprint density at radius 1 is 1.14 bits per heavy atom. The normalized spacial score (nSPS) is 10.7. The number of halogens is 2. The maximum Gasteiger partial charge on any atom is 0.274 e. The number of benzene rings is 2. The average molecular weight is 489 g/mol. The van der Waals surface area contributed by atoms with Crippen molar-refractivity contribution in [3.05, 3.63) is 101 Å². The number of rotatable bonds is 6. The number of anilines is 1. The van der Waals surface area contributed by atoms with Gasteiger partial charge in [-0.2, -0.15) is 0 Å². The molecule has 8 heteroatoms. The van der Waals surface area contributed by atoms with Gasteiger partial charge in [0.15, 0.2) is 6.29 Å². The quantitative estimate of drug-likeness (QED) is 0.328. The molecule has 175 valence electrons. The van der Waals surface area contributed by atoms with Crippen LogP contribution in [0.15, 0.2) is 60.9 Å². The molecule has 0 saturated carbocycles. The van der Waals surface area contributed by atoms with Gasteiger partial charge in [0.1, 0.15) is 17.3 Å². The molecule has 4 aromatic rings. The molecule has 4 rings (SSSR count). The smallest absolute Gasteiger partial charge is 0.274 e. The van der Waals surface area contributed by atoms with Crippen LogP contribution in [0.1, 0.15) is 32.0 Å². The van der Waals surface area contributed by atoms with Crippen LogP contribution in [-0.2, 0) is 0 Å². The number of hydrogen-bond donors (Lipinski definition) is 1. The zero-order valence-corrected chi connectivity index (χ0v) is 19.7. The number of methoxy groups -OCH3 is 1. The minimum Gasteiger partial charge on any atom is -0.496 e. The molecule has 0 atom stereocenters. The summed E-state index contributed by atoms with van der Waals surface area (Å²) in [6.07, 6.45) is 3.48. The Hall–Kier alpha value is -4.10. The molecule has 0 spiro atoms. The summed E-state index contributed by atoms with van der Waals surface area (Å²) in [5, 5.41) is 3.16. The lowest BCUT2D eigenvalue weighted by Crippen LogP contribution is -2.14. The van der Waals surface area contributed by atoms with E-state index in [2.05, 4.69) is 22.2 Å². The second kappa shape index (κ2) is 10.0. The summed E-state index contributed by atoms with van der Waals surface area (Å²) < 4.78 is 19.7. The van der Waals surface area contributed by atoms with Gasteiger partial charge in [0.2, 0.25) is 0 Å². The Morgan fingerprint density at radius 3 is 2.63 bits per heavy atom. The Bertz CT molecular complexity index is 1440. The van der Waals surface area contributed by atoms with Crippen LogP contribution in [0.2, 0.25) is 5.02 Å². The Balaban J connectivity index is 1.74. The summed E-state index contributed by atoms with van der Waals surface area (Å²) in [5.41, 5.74) is 4.24. The average Bonchev–Trinajstić information content (AvgIpc) is 2.85. The van der Waals surface area contributed by atoms with Crippen molar-refractivity contribution in [3.63, 3.8) is 0 Å². The number of amides is 1. The van der Waals surface area contributed by atoms with E-state index < -0.39 is 5.82 Å². The lowest BCUT2D eigenvalue weighted by molar-refractivity contribution is 0.102. The number of hydrogen-bond acceptors (Lipinski definition) is 5. The summed E-state index contributed by atoms with van der Waals surface area (Å²) in [4.78, 5) is 32.3. The third-order valence-electron chi connectivity index (χ3n) is 5.52. The lowest BCUT2D eigenvalue weighted by atomic mass is 9.97. The molecule has 0 aliphatic heterocycles. The Kier molecular flexibility index (Phi) is 6.89. The van der Waals surface area contributed by atoms with Gasteiger partial charge in [-0.15, -0.1) is 0 Å². The number of ether oxygens (including phenoxy) is 1. The van der Waals surface area contributed by atoms with Crippen molar-refractivity contribution in [2.75, 3.05) is 12.4 Å². The fourth-order valence-corrected chi connectivity index (χ4v) is 4.00. The summed E-state index contributed by atoms with van der Waals surface area (Å²) in [6.45, 7) is 5.63. The molecule has 35 heavy (non-hydrogen) atoms. The molecule has 0 saturated heterocycles. The van der Waals surface area contributed by atoms with E-state index in [0.717, 1.165) is 11.1 Å². The van der Waals surface area contributed by atoms with Crippen LogP contribution < -0.4 is 10.1 Å². The lowest BCUT2D eigenvalue weighted by Gasteiger charge is -2.15. The van der Waals surface area contributed by atoms with Crippen LogP contribution in [-0.4, -0.2) is 29.3 Å². The highest BCUT2D eigenvalue weighted by Gasteiger charge is 2.19. The monoisotopic (exact) mass is 488 g/mol.